The summed E-state index contributed by atoms with van der Waals surface area (Å²) >= 11 is 0. The van der Waals surface area contributed by atoms with E-state index in [1.54, 1.807) is 18.2 Å². The van der Waals surface area contributed by atoms with E-state index in [4.69, 9.17) is 10.5 Å². The summed E-state index contributed by atoms with van der Waals surface area (Å²) in [4.78, 5) is 24.8. The number of nitrogens with zero attached hydrogens (tertiary/aromatic N) is 1. The highest BCUT2D eigenvalue weighted by molar-refractivity contribution is 5.93. The van der Waals surface area contributed by atoms with Crippen molar-refractivity contribution in [3.05, 3.63) is 24.3 Å². The molecule has 20 heavy (non-hydrogen) atoms. The first kappa shape index (κ1) is 14.3. The quantitative estimate of drug-likeness (QED) is 0.858. The topological polar surface area (TPSA) is 84.7 Å². The molecular weight excluding hydrogens is 258 g/mol. The molecule has 0 radical (unpaired) electrons. The monoisotopic (exact) mass is 277 g/mol. The van der Waals surface area contributed by atoms with Crippen molar-refractivity contribution in [2.75, 3.05) is 23.4 Å². The number of hydrogen-bond donors (Lipinski definition) is 2. The van der Waals surface area contributed by atoms with Gasteiger partial charge in [-0.25, -0.2) is 4.79 Å². The molecule has 1 aromatic rings. The molecule has 0 aromatic heterocycles. The van der Waals surface area contributed by atoms with Crippen LogP contribution in [0.25, 0.3) is 0 Å². The van der Waals surface area contributed by atoms with Crippen LogP contribution in [0, 0.1) is 0 Å². The van der Waals surface area contributed by atoms with E-state index in [1.165, 1.54) is 4.90 Å². The molecule has 0 aliphatic carbocycles. The van der Waals surface area contributed by atoms with Gasteiger partial charge in [-0.1, -0.05) is 6.07 Å². The number of nitrogens with two attached hydrogens (primary N) is 1. The van der Waals surface area contributed by atoms with E-state index in [9.17, 15) is 9.59 Å². The Morgan fingerprint density at radius 2 is 2.35 bits per heavy atom. The molecule has 1 atom stereocenters. The predicted molar refractivity (Wildman–Crippen MR) is 76.6 cm³/mol. The summed E-state index contributed by atoms with van der Waals surface area (Å²) in [6, 6.07) is 7.16. The van der Waals surface area contributed by atoms with E-state index >= 15 is 0 Å². The van der Waals surface area contributed by atoms with Crippen LogP contribution in [-0.4, -0.2) is 31.2 Å². The van der Waals surface area contributed by atoms with Gasteiger partial charge in [0.15, 0.2) is 0 Å². The molecule has 6 nitrogen and oxygen atoms in total. The maximum atomic E-state index is 11.7. The Morgan fingerprint density at radius 3 is 3.00 bits per heavy atom. The van der Waals surface area contributed by atoms with Crippen molar-refractivity contribution >= 4 is 23.4 Å². The fourth-order valence-electron chi connectivity index (χ4n) is 1.96. The van der Waals surface area contributed by atoms with Crippen LogP contribution in [0.4, 0.5) is 16.2 Å². The summed E-state index contributed by atoms with van der Waals surface area (Å²) in [5, 5.41) is 2.80. The second-order valence-corrected chi connectivity index (χ2v) is 4.88. The SMILES string of the molecule is CC(N)CCC(=O)Nc1cccc(N2CCOC2=O)c1. The van der Waals surface area contributed by atoms with Gasteiger partial charge >= 0.3 is 6.09 Å². The lowest BCUT2D eigenvalue weighted by molar-refractivity contribution is -0.116. The van der Waals surface area contributed by atoms with Gasteiger partial charge in [-0.3, -0.25) is 9.69 Å². The smallest absolute Gasteiger partial charge is 0.414 e. The van der Waals surface area contributed by atoms with Crippen molar-refractivity contribution in [2.45, 2.75) is 25.8 Å². The van der Waals surface area contributed by atoms with E-state index in [0.29, 0.717) is 31.7 Å². The normalized spacial score (nSPS) is 15.9. The molecule has 108 valence electrons. The van der Waals surface area contributed by atoms with Crippen LogP contribution in [0.1, 0.15) is 19.8 Å². The summed E-state index contributed by atoms with van der Waals surface area (Å²) in [5.74, 6) is -0.0801. The zero-order valence-electron chi connectivity index (χ0n) is 11.5. The fourth-order valence-corrected chi connectivity index (χ4v) is 1.96. The molecule has 1 fully saturated rings. The number of ether oxygens (including phenoxy) is 1. The molecule has 1 heterocycles. The molecule has 1 saturated heterocycles. The van der Waals surface area contributed by atoms with E-state index in [2.05, 4.69) is 5.32 Å². The largest absolute Gasteiger partial charge is 0.447 e. The zero-order valence-corrected chi connectivity index (χ0v) is 11.5. The van der Waals surface area contributed by atoms with Crippen molar-refractivity contribution in [2.24, 2.45) is 5.73 Å². The van der Waals surface area contributed by atoms with Crippen LogP contribution < -0.4 is 16.0 Å². The Kier molecular flexibility index (Phi) is 4.57. The molecule has 6 heteroatoms. The summed E-state index contributed by atoms with van der Waals surface area (Å²) in [6.45, 7) is 2.79. The number of benzene rings is 1. The average Bonchev–Trinajstić information content (AvgIpc) is 2.83. The van der Waals surface area contributed by atoms with E-state index in [1.807, 2.05) is 13.0 Å². The summed E-state index contributed by atoms with van der Waals surface area (Å²) in [5.41, 5.74) is 7.00. The van der Waals surface area contributed by atoms with Crippen LogP contribution in [0.2, 0.25) is 0 Å². The number of hydrogen-bond acceptors (Lipinski definition) is 4. The van der Waals surface area contributed by atoms with Crippen LogP contribution in [0.15, 0.2) is 24.3 Å². The number of anilines is 2. The van der Waals surface area contributed by atoms with Gasteiger partial charge in [0.2, 0.25) is 5.91 Å². The van der Waals surface area contributed by atoms with Crippen molar-refractivity contribution in [1.29, 1.82) is 0 Å². The van der Waals surface area contributed by atoms with Gasteiger partial charge in [0.05, 0.1) is 6.54 Å². The second kappa shape index (κ2) is 6.38. The van der Waals surface area contributed by atoms with E-state index in [0.717, 1.165) is 5.69 Å². The standard InChI is InChI=1S/C14H19N3O3/c1-10(15)5-6-13(18)16-11-3-2-4-12(9-11)17-7-8-20-14(17)19/h2-4,9-10H,5-8,15H2,1H3,(H,16,18). The van der Waals surface area contributed by atoms with Crippen LogP contribution in [0.3, 0.4) is 0 Å². The Hall–Kier alpha value is -2.08. The first-order valence-corrected chi connectivity index (χ1v) is 6.66. The highest BCUT2D eigenvalue weighted by Crippen LogP contribution is 2.22. The van der Waals surface area contributed by atoms with Crippen LogP contribution in [0.5, 0.6) is 0 Å². The molecule has 1 aliphatic heterocycles. The lowest BCUT2D eigenvalue weighted by Crippen LogP contribution is -2.23. The van der Waals surface area contributed by atoms with Crippen molar-refractivity contribution in [3.63, 3.8) is 0 Å². The van der Waals surface area contributed by atoms with Gasteiger partial charge in [-0.05, 0) is 31.5 Å². The summed E-state index contributed by atoms with van der Waals surface area (Å²) in [6.07, 6.45) is 0.669. The highest BCUT2D eigenvalue weighted by Gasteiger charge is 2.23. The van der Waals surface area contributed by atoms with Crippen molar-refractivity contribution in [1.82, 2.24) is 0 Å². The predicted octanol–water partition coefficient (Wildman–Crippen LogP) is 1.71. The third-order valence-electron chi connectivity index (χ3n) is 3.03. The van der Waals surface area contributed by atoms with Gasteiger partial charge in [0.25, 0.3) is 0 Å². The number of carbonyl (C=O) groups excluding carboxylic acids is 2. The Labute approximate surface area is 117 Å². The van der Waals surface area contributed by atoms with Gasteiger partial charge < -0.3 is 15.8 Å². The second-order valence-electron chi connectivity index (χ2n) is 4.88. The van der Waals surface area contributed by atoms with E-state index in [-0.39, 0.29) is 18.0 Å². The number of cyclic esters (lactones) is 1. The molecule has 0 spiro atoms. The minimum atomic E-state index is -0.356. The van der Waals surface area contributed by atoms with Crippen molar-refractivity contribution in [3.8, 4) is 0 Å². The van der Waals surface area contributed by atoms with E-state index < -0.39 is 0 Å². The number of carbonyl (C=O) groups is 2. The highest BCUT2D eigenvalue weighted by atomic mass is 16.6. The lowest BCUT2D eigenvalue weighted by atomic mass is 10.2. The molecule has 1 aromatic carbocycles. The maximum Gasteiger partial charge on any atom is 0.414 e. The molecule has 0 bridgehead atoms. The van der Waals surface area contributed by atoms with Gasteiger partial charge in [0, 0.05) is 23.8 Å². The Bertz CT molecular complexity index is 502. The average molecular weight is 277 g/mol. The fraction of sp³-hybridized carbons (Fsp3) is 0.429. The van der Waals surface area contributed by atoms with Crippen LogP contribution in [-0.2, 0) is 9.53 Å². The molecule has 3 N–H and O–H groups in total. The van der Waals surface area contributed by atoms with Gasteiger partial charge in [-0.2, -0.15) is 0 Å². The molecule has 2 rings (SSSR count). The van der Waals surface area contributed by atoms with Crippen molar-refractivity contribution < 1.29 is 14.3 Å². The minimum absolute atomic E-state index is 0.00598. The third kappa shape index (κ3) is 3.71. The summed E-state index contributed by atoms with van der Waals surface area (Å²) < 4.78 is 4.89. The molecular formula is C14H19N3O3. The number of rotatable bonds is 5. The number of amides is 2. The lowest BCUT2D eigenvalue weighted by Gasteiger charge is -2.14. The molecule has 0 saturated carbocycles. The zero-order chi connectivity index (χ0) is 14.5. The first-order valence-electron chi connectivity index (χ1n) is 6.66. The maximum absolute atomic E-state index is 11.7. The number of nitrogens with one attached hydrogen (secondary N) is 1. The minimum Gasteiger partial charge on any atom is -0.447 e. The van der Waals surface area contributed by atoms with Gasteiger partial charge in [-0.15, -0.1) is 0 Å². The molecule has 1 unspecified atom stereocenters. The Balaban J connectivity index is 1.99. The Morgan fingerprint density at radius 1 is 1.55 bits per heavy atom. The summed E-state index contributed by atoms with van der Waals surface area (Å²) in [7, 11) is 0. The molecule has 1 aliphatic rings. The third-order valence-corrected chi connectivity index (χ3v) is 3.03. The molecule has 2 amide bonds. The van der Waals surface area contributed by atoms with Gasteiger partial charge in [0.1, 0.15) is 6.61 Å². The first-order chi connectivity index (χ1) is 9.56. The van der Waals surface area contributed by atoms with Crippen LogP contribution >= 0.6 is 0 Å².